The predicted molar refractivity (Wildman–Crippen MR) is 112 cm³/mol. The Morgan fingerprint density at radius 3 is 2.50 bits per heavy atom. The SMILES string of the molecule is CC(O)C1C(=O)N2C(C(=O)O)=C(SC3CC(CNS(N)(=O)=O)N(C(C)C)C3)C(C)C12. The maximum Gasteiger partial charge on any atom is 0.353 e. The Morgan fingerprint density at radius 2 is 2.00 bits per heavy atom. The van der Waals surface area contributed by atoms with E-state index in [1.807, 2.05) is 20.8 Å². The number of carboxylic acid groups (broad SMARTS) is 1. The van der Waals surface area contributed by atoms with Gasteiger partial charge in [-0.3, -0.25) is 9.69 Å². The number of thioether (sulfide) groups is 1. The predicted octanol–water partition coefficient (Wildman–Crippen LogP) is -0.482. The average molecular weight is 463 g/mol. The lowest BCUT2D eigenvalue weighted by molar-refractivity contribution is -0.163. The Labute approximate surface area is 181 Å². The van der Waals surface area contributed by atoms with Crippen molar-refractivity contribution in [1.29, 1.82) is 0 Å². The van der Waals surface area contributed by atoms with Crippen LogP contribution >= 0.6 is 11.8 Å². The number of aliphatic carboxylic acids is 1. The van der Waals surface area contributed by atoms with Crippen LogP contribution < -0.4 is 9.86 Å². The summed E-state index contributed by atoms with van der Waals surface area (Å²) in [5.74, 6) is -2.27. The fourth-order valence-electron chi connectivity index (χ4n) is 4.89. The van der Waals surface area contributed by atoms with Crippen molar-refractivity contribution < 1.29 is 28.2 Å². The molecule has 3 aliphatic rings. The van der Waals surface area contributed by atoms with Crippen molar-refractivity contribution in [1.82, 2.24) is 14.5 Å². The van der Waals surface area contributed by atoms with Gasteiger partial charge in [0.1, 0.15) is 5.70 Å². The molecule has 0 bridgehead atoms. The third-order valence-electron chi connectivity index (χ3n) is 6.21. The van der Waals surface area contributed by atoms with E-state index < -0.39 is 28.2 Å². The first kappa shape index (κ1) is 23.5. The number of aliphatic hydroxyl groups excluding tert-OH is 1. The number of fused-ring (bicyclic) bond motifs is 1. The summed E-state index contributed by atoms with van der Waals surface area (Å²) in [6, 6.07) is -0.221. The van der Waals surface area contributed by atoms with Gasteiger partial charge in [0.2, 0.25) is 5.91 Å². The molecule has 6 atom stereocenters. The molecular weight excluding hydrogens is 432 g/mol. The number of hydrogen-bond acceptors (Lipinski definition) is 7. The minimum Gasteiger partial charge on any atom is -0.477 e. The fourth-order valence-corrected chi connectivity index (χ4v) is 6.89. The maximum atomic E-state index is 12.5. The van der Waals surface area contributed by atoms with Crippen molar-refractivity contribution in [3.8, 4) is 0 Å². The lowest BCUT2D eigenvalue weighted by Crippen LogP contribution is -2.63. The van der Waals surface area contributed by atoms with Gasteiger partial charge in [0.05, 0.1) is 18.1 Å². The molecule has 0 aliphatic carbocycles. The molecule has 0 radical (unpaired) electrons. The van der Waals surface area contributed by atoms with Crippen LogP contribution in [0.4, 0.5) is 0 Å². The molecular formula is C18H30N4O6S2. The lowest BCUT2D eigenvalue weighted by Gasteiger charge is -2.46. The van der Waals surface area contributed by atoms with Crippen LogP contribution in [0, 0.1) is 11.8 Å². The topological polar surface area (TPSA) is 153 Å². The van der Waals surface area contributed by atoms with E-state index >= 15 is 0 Å². The van der Waals surface area contributed by atoms with Gasteiger partial charge < -0.3 is 15.1 Å². The fraction of sp³-hybridized carbons (Fsp3) is 0.778. The van der Waals surface area contributed by atoms with Crippen LogP contribution in [0.2, 0.25) is 0 Å². The smallest absolute Gasteiger partial charge is 0.353 e. The zero-order chi connectivity index (χ0) is 22.5. The standard InChI is InChI=1S/C18H30N4O6S2/c1-8(2)21-7-12(5-11(21)6-20-30(19,27)28)29-16-9(3)14-13(10(4)23)17(24)22(14)15(16)18(25)26/h8-14,20,23H,5-7H2,1-4H3,(H,25,26)(H2,19,27,28). The summed E-state index contributed by atoms with van der Waals surface area (Å²) in [5, 5.41) is 24.9. The second-order valence-corrected chi connectivity index (χ2v) is 11.3. The van der Waals surface area contributed by atoms with Crippen LogP contribution in [0.1, 0.15) is 34.1 Å². The number of rotatable bonds is 8. The van der Waals surface area contributed by atoms with Gasteiger partial charge in [0.15, 0.2) is 0 Å². The van der Waals surface area contributed by atoms with Crippen LogP contribution in [-0.2, 0) is 19.8 Å². The number of likely N-dealkylation sites (tertiary alicyclic amines) is 1. The second kappa shape index (κ2) is 8.40. The van der Waals surface area contributed by atoms with Crippen molar-refractivity contribution in [3.05, 3.63) is 10.6 Å². The minimum atomic E-state index is -3.79. The van der Waals surface area contributed by atoms with E-state index in [1.165, 1.54) is 16.7 Å². The van der Waals surface area contributed by atoms with Gasteiger partial charge in [-0.25, -0.2) is 14.7 Å². The van der Waals surface area contributed by atoms with Gasteiger partial charge in [-0.05, 0) is 27.2 Å². The van der Waals surface area contributed by atoms with Crippen LogP contribution in [0.5, 0.6) is 0 Å². The van der Waals surface area contributed by atoms with E-state index in [9.17, 15) is 28.2 Å². The third kappa shape index (κ3) is 4.26. The van der Waals surface area contributed by atoms with Gasteiger partial charge >= 0.3 is 5.97 Å². The highest BCUT2D eigenvalue weighted by atomic mass is 32.2. The van der Waals surface area contributed by atoms with E-state index in [0.717, 1.165) is 0 Å². The number of β-lactam (4-membered cyclic amide) rings is 1. The Hall–Kier alpha value is -1.18. The Bertz CT molecular complexity index is 859. The maximum absolute atomic E-state index is 12.5. The van der Waals surface area contributed by atoms with Crippen molar-refractivity contribution in [2.45, 2.75) is 63.6 Å². The zero-order valence-corrected chi connectivity index (χ0v) is 19.1. The summed E-state index contributed by atoms with van der Waals surface area (Å²) in [6.45, 7) is 8.35. The molecule has 0 saturated carbocycles. The highest BCUT2D eigenvalue weighted by Gasteiger charge is 2.60. The molecule has 0 spiro atoms. The van der Waals surface area contributed by atoms with Gasteiger partial charge in [-0.1, -0.05) is 6.92 Å². The summed E-state index contributed by atoms with van der Waals surface area (Å²) in [5.41, 5.74) is 0.0154. The van der Waals surface area contributed by atoms with E-state index in [1.54, 1.807) is 6.92 Å². The number of carboxylic acids is 1. The quantitative estimate of drug-likeness (QED) is 0.353. The number of hydrogen-bond donors (Lipinski definition) is 4. The number of nitrogens with two attached hydrogens (primary N) is 1. The third-order valence-corrected chi connectivity index (χ3v) is 8.27. The second-order valence-electron chi connectivity index (χ2n) is 8.59. The van der Waals surface area contributed by atoms with Crippen LogP contribution in [-0.4, -0.2) is 82.9 Å². The van der Waals surface area contributed by atoms with Crippen LogP contribution in [0.25, 0.3) is 0 Å². The number of carbonyl (C=O) groups excluding carboxylic acids is 1. The highest BCUT2D eigenvalue weighted by Crippen LogP contribution is 2.52. The summed E-state index contributed by atoms with van der Waals surface area (Å²) in [6.07, 6.45) is -0.176. The van der Waals surface area contributed by atoms with E-state index in [0.29, 0.717) is 17.9 Å². The molecule has 30 heavy (non-hydrogen) atoms. The largest absolute Gasteiger partial charge is 0.477 e. The minimum absolute atomic E-state index is 0.0154. The van der Waals surface area contributed by atoms with Crippen molar-refractivity contribution in [3.63, 3.8) is 0 Å². The van der Waals surface area contributed by atoms with Crippen molar-refractivity contribution in [2.75, 3.05) is 13.1 Å². The molecule has 3 rings (SSSR count). The van der Waals surface area contributed by atoms with Crippen molar-refractivity contribution >= 4 is 33.8 Å². The Morgan fingerprint density at radius 1 is 1.37 bits per heavy atom. The molecule has 5 N–H and O–H groups in total. The molecule has 12 heteroatoms. The summed E-state index contributed by atoms with van der Waals surface area (Å²) < 4.78 is 24.9. The molecule has 6 unspecified atom stereocenters. The summed E-state index contributed by atoms with van der Waals surface area (Å²) in [7, 11) is -3.79. The average Bonchev–Trinajstić information content (AvgIpc) is 3.11. The molecule has 2 fully saturated rings. The molecule has 1 amide bonds. The van der Waals surface area contributed by atoms with Gasteiger partial charge in [0.25, 0.3) is 10.2 Å². The first-order chi connectivity index (χ1) is 13.8. The van der Waals surface area contributed by atoms with Gasteiger partial charge in [-0.2, -0.15) is 8.42 Å². The molecule has 3 aliphatic heterocycles. The number of aliphatic hydroxyl groups is 1. The monoisotopic (exact) mass is 462 g/mol. The first-order valence-electron chi connectivity index (χ1n) is 10.0. The van der Waals surface area contributed by atoms with Gasteiger partial charge in [-0.15, -0.1) is 11.8 Å². The first-order valence-corrected chi connectivity index (χ1v) is 12.4. The van der Waals surface area contributed by atoms with E-state index in [-0.39, 0.29) is 47.4 Å². The highest BCUT2D eigenvalue weighted by molar-refractivity contribution is 8.03. The van der Waals surface area contributed by atoms with E-state index in [2.05, 4.69) is 9.62 Å². The van der Waals surface area contributed by atoms with Crippen LogP contribution in [0.15, 0.2) is 10.6 Å². The molecule has 170 valence electrons. The van der Waals surface area contributed by atoms with E-state index in [4.69, 9.17) is 5.14 Å². The molecule has 0 aromatic rings. The normalized spacial score (nSPS) is 33.2. The summed E-state index contributed by atoms with van der Waals surface area (Å²) >= 11 is 1.45. The number of nitrogens with zero attached hydrogens (tertiary/aromatic N) is 2. The Kier molecular flexibility index (Phi) is 6.57. The molecule has 0 aromatic carbocycles. The number of amides is 1. The molecule has 10 nitrogen and oxygen atoms in total. The van der Waals surface area contributed by atoms with Crippen molar-refractivity contribution in [2.24, 2.45) is 17.0 Å². The molecule has 2 saturated heterocycles. The zero-order valence-electron chi connectivity index (χ0n) is 17.5. The molecule has 3 heterocycles. The van der Waals surface area contributed by atoms with Gasteiger partial charge in [0, 0.05) is 41.2 Å². The number of carbonyl (C=O) groups is 2. The number of nitrogens with one attached hydrogen (secondary N) is 1. The Balaban J connectivity index is 1.79. The van der Waals surface area contributed by atoms with Crippen LogP contribution in [0.3, 0.4) is 0 Å². The lowest BCUT2D eigenvalue weighted by atomic mass is 9.79. The molecule has 0 aromatic heterocycles. The summed E-state index contributed by atoms with van der Waals surface area (Å²) in [4.78, 5) is 28.6.